The van der Waals surface area contributed by atoms with Gasteiger partial charge in [0.15, 0.2) is 0 Å². The van der Waals surface area contributed by atoms with E-state index in [0.29, 0.717) is 11.0 Å². The van der Waals surface area contributed by atoms with E-state index in [0.717, 1.165) is 6.07 Å². The van der Waals surface area contributed by atoms with Gasteiger partial charge in [0.05, 0.1) is 32.9 Å². The topological polar surface area (TPSA) is 98.0 Å². The first-order chi connectivity index (χ1) is 11.5. The number of hydrogen-bond acceptors (Lipinski definition) is 4. The normalized spacial score (nSPS) is 10.6. The number of nitrogens with two attached hydrogens (primary N) is 1. The van der Waals surface area contributed by atoms with E-state index in [1.54, 1.807) is 0 Å². The van der Waals surface area contributed by atoms with Crippen LogP contribution in [-0.4, -0.2) is 21.8 Å². The number of benzene rings is 2. The van der Waals surface area contributed by atoms with Gasteiger partial charge in [-0.25, -0.2) is 4.39 Å². The largest absolute Gasteiger partial charge is 0.365 e. The summed E-state index contributed by atoms with van der Waals surface area (Å²) in [6.07, 6.45) is 2.86. The summed E-state index contributed by atoms with van der Waals surface area (Å²) >= 11 is 5.92. The molecule has 2 aromatic carbocycles. The summed E-state index contributed by atoms with van der Waals surface area (Å²) in [5, 5.41) is 2.53. The molecule has 1 heterocycles. The van der Waals surface area contributed by atoms with E-state index in [2.05, 4.69) is 15.3 Å². The zero-order valence-electron chi connectivity index (χ0n) is 12.1. The van der Waals surface area contributed by atoms with Crippen molar-refractivity contribution in [1.29, 1.82) is 0 Å². The molecule has 3 aromatic rings. The van der Waals surface area contributed by atoms with E-state index >= 15 is 0 Å². The molecule has 3 rings (SSSR count). The summed E-state index contributed by atoms with van der Waals surface area (Å²) < 4.78 is 14.2. The predicted octanol–water partition coefficient (Wildman–Crippen LogP) is 2.77. The van der Waals surface area contributed by atoms with Gasteiger partial charge in [-0.2, -0.15) is 0 Å². The second-order valence-electron chi connectivity index (χ2n) is 4.86. The summed E-state index contributed by atoms with van der Waals surface area (Å²) in [4.78, 5) is 31.9. The number of fused-ring (bicyclic) bond motifs is 1. The van der Waals surface area contributed by atoms with Crippen LogP contribution in [0, 0.1) is 5.82 Å². The number of anilines is 1. The van der Waals surface area contributed by atoms with Crippen LogP contribution in [-0.2, 0) is 0 Å². The molecule has 0 fully saturated rings. The molecule has 0 bridgehead atoms. The van der Waals surface area contributed by atoms with Gasteiger partial charge in [0.2, 0.25) is 0 Å². The number of rotatable bonds is 3. The number of amides is 2. The Morgan fingerprint density at radius 3 is 2.46 bits per heavy atom. The van der Waals surface area contributed by atoms with Crippen LogP contribution in [0.1, 0.15) is 20.7 Å². The molecule has 1 aromatic heterocycles. The lowest BCUT2D eigenvalue weighted by atomic mass is 10.1. The van der Waals surface area contributed by atoms with E-state index in [1.165, 1.54) is 36.7 Å². The van der Waals surface area contributed by atoms with Gasteiger partial charge < -0.3 is 11.1 Å². The smallest absolute Gasteiger partial charge is 0.258 e. The van der Waals surface area contributed by atoms with Gasteiger partial charge in [-0.3, -0.25) is 19.6 Å². The molecule has 0 spiro atoms. The monoisotopic (exact) mass is 344 g/mol. The minimum atomic E-state index is -0.805. The minimum Gasteiger partial charge on any atom is -0.365 e. The summed E-state index contributed by atoms with van der Waals surface area (Å²) in [5.41, 5.74) is 5.77. The fourth-order valence-corrected chi connectivity index (χ4v) is 2.50. The van der Waals surface area contributed by atoms with Gasteiger partial charge >= 0.3 is 0 Å². The van der Waals surface area contributed by atoms with Crippen LogP contribution in [0.2, 0.25) is 5.02 Å². The number of halogens is 2. The van der Waals surface area contributed by atoms with Crippen molar-refractivity contribution in [2.75, 3.05) is 5.32 Å². The molecule has 0 saturated heterocycles. The van der Waals surface area contributed by atoms with Crippen molar-refractivity contribution in [2.24, 2.45) is 5.73 Å². The number of carbonyl (C=O) groups excluding carboxylic acids is 2. The number of primary amides is 1. The van der Waals surface area contributed by atoms with Gasteiger partial charge in [-0.1, -0.05) is 17.7 Å². The quantitative estimate of drug-likeness (QED) is 0.763. The molecule has 8 heteroatoms. The molecule has 0 saturated carbocycles. The fraction of sp³-hybridized carbons (Fsp3) is 0. The molecular formula is C16H10ClFN4O2. The Morgan fingerprint density at radius 1 is 1.12 bits per heavy atom. The van der Waals surface area contributed by atoms with Crippen LogP contribution in [0.15, 0.2) is 42.7 Å². The maximum atomic E-state index is 14.2. The lowest BCUT2D eigenvalue weighted by Gasteiger charge is -2.11. The van der Waals surface area contributed by atoms with Crippen LogP contribution >= 0.6 is 11.6 Å². The number of hydrogen-bond donors (Lipinski definition) is 2. The second-order valence-corrected chi connectivity index (χ2v) is 5.27. The Bertz CT molecular complexity index is 977. The lowest BCUT2D eigenvalue weighted by molar-refractivity contribution is 0.100. The third-order valence-corrected chi connectivity index (χ3v) is 3.63. The van der Waals surface area contributed by atoms with Crippen molar-refractivity contribution < 1.29 is 14.0 Å². The summed E-state index contributed by atoms with van der Waals surface area (Å²) in [5.74, 6) is -2.33. The molecule has 3 N–H and O–H groups in total. The first-order valence-electron chi connectivity index (χ1n) is 6.77. The predicted molar refractivity (Wildman–Crippen MR) is 87.4 cm³/mol. The van der Waals surface area contributed by atoms with Gasteiger partial charge in [0.1, 0.15) is 5.82 Å². The SMILES string of the molecule is NC(=O)c1c(Cl)cccc1NC(=O)c1cc2nccnc2cc1F. The molecular weight excluding hydrogens is 335 g/mol. The molecule has 24 heavy (non-hydrogen) atoms. The molecule has 120 valence electrons. The van der Waals surface area contributed by atoms with E-state index in [1.807, 2.05) is 0 Å². The van der Waals surface area contributed by atoms with Crippen molar-refractivity contribution in [3.8, 4) is 0 Å². The highest BCUT2D eigenvalue weighted by atomic mass is 35.5. The van der Waals surface area contributed by atoms with Crippen molar-refractivity contribution in [1.82, 2.24) is 9.97 Å². The molecule has 0 atom stereocenters. The van der Waals surface area contributed by atoms with Gasteiger partial charge in [0, 0.05) is 18.5 Å². The van der Waals surface area contributed by atoms with Crippen molar-refractivity contribution in [3.63, 3.8) is 0 Å². The van der Waals surface area contributed by atoms with Crippen molar-refractivity contribution in [3.05, 3.63) is 64.7 Å². The maximum Gasteiger partial charge on any atom is 0.258 e. The molecule has 2 amide bonds. The minimum absolute atomic E-state index is 0.0477. The Labute approximate surface area is 140 Å². The number of nitrogens with zero attached hydrogens (tertiary/aromatic N) is 2. The Kier molecular flexibility index (Phi) is 4.09. The van der Waals surface area contributed by atoms with Crippen molar-refractivity contribution in [2.45, 2.75) is 0 Å². The summed E-state index contributed by atoms with van der Waals surface area (Å²) in [6.45, 7) is 0. The van der Waals surface area contributed by atoms with Gasteiger partial charge in [-0.05, 0) is 18.2 Å². The van der Waals surface area contributed by atoms with Crippen molar-refractivity contribution >= 4 is 40.1 Å². The molecule has 0 aliphatic carbocycles. The third-order valence-electron chi connectivity index (χ3n) is 3.31. The van der Waals surface area contributed by atoms with E-state index < -0.39 is 17.6 Å². The van der Waals surface area contributed by atoms with Crippen LogP contribution in [0.3, 0.4) is 0 Å². The van der Waals surface area contributed by atoms with Crippen LogP contribution in [0.5, 0.6) is 0 Å². The van der Waals surface area contributed by atoms with E-state index in [-0.39, 0.29) is 21.8 Å². The lowest BCUT2D eigenvalue weighted by Crippen LogP contribution is -2.19. The maximum absolute atomic E-state index is 14.2. The van der Waals surface area contributed by atoms with Crippen LogP contribution in [0.25, 0.3) is 11.0 Å². The molecule has 0 aliphatic heterocycles. The summed E-state index contributed by atoms with van der Waals surface area (Å²) in [6, 6.07) is 6.84. The Morgan fingerprint density at radius 2 is 1.79 bits per heavy atom. The highest BCUT2D eigenvalue weighted by Gasteiger charge is 2.18. The number of nitrogens with one attached hydrogen (secondary N) is 1. The molecule has 0 aliphatic rings. The first-order valence-corrected chi connectivity index (χ1v) is 7.15. The van der Waals surface area contributed by atoms with Gasteiger partial charge in [0.25, 0.3) is 11.8 Å². The molecule has 0 radical (unpaired) electrons. The molecule has 0 unspecified atom stereocenters. The first kappa shape index (κ1) is 15.8. The number of carbonyl (C=O) groups is 2. The average molecular weight is 345 g/mol. The molecule has 6 nitrogen and oxygen atoms in total. The van der Waals surface area contributed by atoms with Crippen LogP contribution < -0.4 is 11.1 Å². The van der Waals surface area contributed by atoms with Gasteiger partial charge in [-0.15, -0.1) is 0 Å². The van der Waals surface area contributed by atoms with E-state index in [9.17, 15) is 14.0 Å². The van der Waals surface area contributed by atoms with E-state index in [4.69, 9.17) is 17.3 Å². The standard InChI is InChI=1S/C16H10ClFN4O2/c17-9-2-1-3-11(14(9)15(19)23)22-16(24)8-6-12-13(7-10(8)18)21-5-4-20-12/h1-7H,(H2,19,23)(H,22,24). The summed E-state index contributed by atoms with van der Waals surface area (Å²) in [7, 11) is 0. The second kappa shape index (κ2) is 6.21. The fourth-order valence-electron chi connectivity index (χ4n) is 2.23. The highest BCUT2D eigenvalue weighted by Crippen LogP contribution is 2.25. The average Bonchev–Trinajstić information content (AvgIpc) is 2.53. The zero-order chi connectivity index (χ0) is 17.3. The Balaban J connectivity index is 2.01. The zero-order valence-corrected chi connectivity index (χ0v) is 12.8. The Hall–Kier alpha value is -3.06. The third kappa shape index (κ3) is 2.89. The highest BCUT2D eigenvalue weighted by molar-refractivity contribution is 6.34. The number of aromatic nitrogens is 2. The van der Waals surface area contributed by atoms with Crippen LogP contribution in [0.4, 0.5) is 10.1 Å².